The summed E-state index contributed by atoms with van der Waals surface area (Å²) in [6, 6.07) is 17.1. The topological polar surface area (TPSA) is 17.8 Å². The Morgan fingerprint density at radius 1 is 1.05 bits per heavy atom. The zero-order valence-corrected chi connectivity index (χ0v) is 11.7. The van der Waals surface area contributed by atoms with Gasteiger partial charge in [0.1, 0.15) is 5.82 Å². The molecular weight excluding hydrogens is 256 g/mol. The minimum absolute atomic E-state index is 0.850. The Morgan fingerprint density at radius 3 is 2.86 bits per heavy atom. The fourth-order valence-electron chi connectivity index (χ4n) is 2.87. The summed E-state index contributed by atoms with van der Waals surface area (Å²) in [6.45, 7) is 0.850. The maximum absolute atomic E-state index is 4.55. The first-order valence-electron chi connectivity index (χ1n) is 7.25. The van der Waals surface area contributed by atoms with Crippen molar-refractivity contribution in [2.75, 3.05) is 0 Å². The Morgan fingerprint density at radius 2 is 1.95 bits per heavy atom. The number of aromatic nitrogens is 2. The highest BCUT2D eigenvalue weighted by Gasteiger charge is 2.10. The fourth-order valence-corrected chi connectivity index (χ4v) is 2.87. The van der Waals surface area contributed by atoms with Crippen molar-refractivity contribution in [3.8, 4) is 11.4 Å². The van der Waals surface area contributed by atoms with Gasteiger partial charge in [0.15, 0.2) is 0 Å². The first kappa shape index (κ1) is 12.2. The number of fused-ring (bicyclic) bond motifs is 1. The van der Waals surface area contributed by atoms with E-state index in [1.165, 1.54) is 22.3 Å². The van der Waals surface area contributed by atoms with Gasteiger partial charge >= 0.3 is 0 Å². The molecule has 0 atom stereocenters. The van der Waals surface area contributed by atoms with Gasteiger partial charge in [0.25, 0.3) is 0 Å². The molecule has 2 heteroatoms. The highest BCUT2D eigenvalue weighted by Crippen LogP contribution is 2.26. The second-order valence-electron chi connectivity index (χ2n) is 5.38. The molecule has 1 aliphatic carbocycles. The maximum Gasteiger partial charge on any atom is 0.140 e. The molecule has 0 spiro atoms. The number of nitrogens with zero attached hydrogens (tertiary/aromatic N) is 2. The van der Waals surface area contributed by atoms with Crippen LogP contribution in [0.4, 0.5) is 0 Å². The van der Waals surface area contributed by atoms with Gasteiger partial charge in [0.05, 0.1) is 0 Å². The lowest BCUT2D eigenvalue weighted by Gasteiger charge is -2.09. The number of rotatable bonds is 3. The normalized spacial score (nSPS) is 12.6. The van der Waals surface area contributed by atoms with Crippen molar-refractivity contribution in [2.45, 2.75) is 13.0 Å². The third kappa shape index (κ3) is 2.29. The molecule has 1 aromatic heterocycles. The van der Waals surface area contributed by atoms with Gasteiger partial charge in [-0.3, -0.25) is 0 Å². The van der Waals surface area contributed by atoms with Crippen LogP contribution in [0.2, 0.25) is 0 Å². The van der Waals surface area contributed by atoms with Gasteiger partial charge in [0, 0.05) is 24.5 Å². The molecule has 0 amide bonds. The average molecular weight is 272 g/mol. The van der Waals surface area contributed by atoms with Crippen LogP contribution in [0.1, 0.15) is 16.7 Å². The maximum atomic E-state index is 4.55. The summed E-state index contributed by atoms with van der Waals surface area (Å²) < 4.78 is 2.20. The molecule has 21 heavy (non-hydrogen) atoms. The molecule has 1 heterocycles. The highest BCUT2D eigenvalue weighted by molar-refractivity contribution is 5.68. The van der Waals surface area contributed by atoms with Crippen LogP contribution in [0.3, 0.4) is 0 Å². The van der Waals surface area contributed by atoms with Crippen molar-refractivity contribution >= 4 is 6.08 Å². The second-order valence-corrected chi connectivity index (χ2v) is 5.38. The summed E-state index contributed by atoms with van der Waals surface area (Å²) in [7, 11) is 0. The van der Waals surface area contributed by atoms with E-state index < -0.39 is 0 Å². The molecule has 0 aliphatic heterocycles. The lowest BCUT2D eigenvalue weighted by Crippen LogP contribution is -2.01. The Labute approximate surface area is 124 Å². The molecule has 0 fully saturated rings. The van der Waals surface area contributed by atoms with Gasteiger partial charge in [-0.05, 0) is 29.2 Å². The van der Waals surface area contributed by atoms with E-state index in [9.17, 15) is 0 Å². The fraction of sp³-hybridized carbons (Fsp3) is 0.105. The third-order valence-electron chi connectivity index (χ3n) is 3.95. The number of hydrogen-bond acceptors (Lipinski definition) is 1. The first-order chi connectivity index (χ1) is 10.4. The number of benzene rings is 2. The van der Waals surface area contributed by atoms with E-state index in [-0.39, 0.29) is 0 Å². The summed E-state index contributed by atoms with van der Waals surface area (Å²) in [5.41, 5.74) is 5.20. The van der Waals surface area contributed by atoms with Gasteiger partial charge in [0.2, 0.25) is 0 Å². The van der Waals surface area contributed by atoms with Crippen molar-refractivity contribution in [3.63, 3.8) is 0 Å². The number of imidazole rings is 1. The summed E-state index contributed by atoms with van der Waals surface area (Å²) in [5, 5.41) is 0. The molecule has 1 aliphatic rings. The van der Waals surface area contributed by atoms with Crippen LogP contribution in [0.15, 0.2) is 67.0 Å². The van der Waals surface area contributed by atoms with Crippen LogP contribution >= 0.6 is 0 Å². The van der Waals surface area contributed by atoms with Crippen LogP contribution in [-0.2, 0) is 13.0 Å². The number of allylic oxidation sites excluding steroid dienone is 1. The van der Waals surface area contributed by atoms with E-state index in [0.717, 1.165) is 18.8 Å². The zero-order valence-electron chi connectivity index (χ0n) is 11.7. The summed E-state index contributed by atoms with van der Waals surface area (Å²) in [5.74, 6) is 1.03. The summed E-state index contributed by atoms with van der Waals surface area (Å²) in [6.07, 6.45) is 9.38. The van der Waals surface area contributed by atoms with Gasteiger partial charge in [-0.15, -0.1) is 0 Å². The molecule has 4 rings (SSSR count). The quantitative estimate of drug-likeness (QED) is 0.699. The SMILES string of the molecule is C1=Cc2cc(-c3nccn3Cc3ccccc3)ccc2C1. The van der Waals surface area contributed by atoms with E-state index in [1.54, 1.807) is 0 Å². The molecule has 3 aromatic rings. The zero-order chi connectivity index (χ0) is 14.1. The van der Waals surface area contributed by atoms with Crippen molar-refractivity contribution in [2.24, 2.45) is 0 Å². The predicted molar refractivity (Wildman–Crippen MR) is 85.9 cm³/mol. The lowest BCUT2D eigenvalue weighted by atomic mass is 10.1. The summed E-state index contributed by atoms with van der Waals surface area (Å²) >= 11 is 0. The standard InChI is InChI=1S/C19H16N2/c1-2-5-15(6-3-1)14-21-12-11-20-19(21)18-10-9-16-7-4-8-17(16)13-18/h1-6,8-13H,7,14H2. The van der Waals surface area contributed by atoms with Crippen molar-refractivity contribution < 1.29 is 0 Å². The molecule has 2 nitrogen and oxygen atoms in total. The third-order valence-corrected chi connectivity index (χ3v) is 3.95. The molecule has 0 N–H and O–H groups in total. The monoisotopic (exact) mass is 272 g/mol. The van der Waals surface area contributed by atoms with E-state index in [0.29, 0.717) is 0 Å². The predicted octanol–water partition coefficient (Wildman–Crippen LogP) is 4.17. The molecule has 102 valence electrons. The summed E-state index contributed by atoms with van der Waals surface area (Å²) in [4.78, 5) is 4.55. The molecular formula is C19H16N2. The Hall–Kier alpha value is -2.61. The van der Waals surface area contributed by atoms with Gasteiger partial charge in [-0.1, -0.05) is 54.6 Å². The smallest absolute Gasteiger partial charge is 0.140 e. The first-order valence-corrected chi connectivity index (χ1v) is 7.25. The van der Waals surface area contributed by atoms with Crippen molar-refractivity contribution in [3.05, 3.63) is 83.7 Å². The van der Waals surface area contributed by atoms with Crippen LogP contribution in [-0.4, -0.2) is 9.55 Å². The molecule has 0 saturated heterocycles. The minimum atomic E-state index is 0.850. The largest absolute Gasteiger partial charge is 0.327 e. The van der Waals surface area contributed by atoms with E-state index in [2.05, 4.69) is 64.2 Å². The Bertz CT molecular complexity index is 797. The van der Waals surface area contributed by atoms with Gasteiger partial charge in [-0.25, -0.2) is 4.98 Å². The molecule has 0 bridgehead atoms. The van der Waals surface area contributed by atoms with Crippen LogP contribution in [0.5, 0.6) is 0 Å². The van der Waals surface area contributed by atoms with Crippen LogP contribution < -0.4 is 0 Å². The van der Waals surface area contributed by atoms with Gasteiger partial charge in [-0.2, -0.15) is 0 Å². The van der Waals surface area contributed by atoms with Crippen LogP contribution in [0, 0.1) is 0 Å². The van der Waals surface area contributed by atoms with E-state index in [4.69, 9.17) is 0 Å². The van der Waals surface area contributed by atoms with Crippen molar-refractivity contribution in [1.29, 1.82) is 0 Å². The molecule has 0 unspecified atom stereocenters. The Kier molecular flexibility index (Phi) is 2.93. The highest BCUT2D eigenvalue weighted by atomic mass is 15.1. The Balaban J connectivity index is 1.70. The molecule has 2 aromatic carbocycles. The second kappa shape index (κ2) is 5.06. The lowest BCUT2D eigenvalue weighted by molar-refractivity contribution is 0.807. The van der Waals surface area contributed by atoms with Crippen molar-refractivity contribution in [1.82, 2.24) is 9.55 Å². The number of hydrogen-bond donors (Lipinski definition) is 0. The van der Waals surface area contributed by atoms with E-state index in [1.807, 2.05) is 18.5 Å². The van der Waals surface area contributed by atoms with Crippen LogP contribution in [0.25, 0.3) is 17.5 Å². The molecule has 0 saturated carbocycles. The van der Waals surface area contributed by atoms with Gasteiger partial charge < -0.3 is 4.57 Å². The molecule has 0 radical (unpaired) electrons. The minimum Gasteiger partial charge on any atom is -0.327 e. The van der Waals surface area contributed by atoms with E-state index >= 15 is 0 Å². The average Bonchev–Trinajstić information content (AvgIpc) is 3.16.